The minimum atomic E-state index is -0.950. The molecule has 1 aliphatic rings. The monoisotopic (exact) mass is 499 g/mol. The predicted octanol–water partition coefficient (Wildman–Crippen LogP) is 3.03. The molecule has 1 saturated heterocycles. The number of esters is 1. The first kappa shape index (κ1) is 27.6. The number of ether oxygens (including phenoxy) is 2. The number of hydrogen-bond donors (Lipinski definition) is 3. The van der Waals surface area contributed by atoms with Gasteiger partial charge in [0.05, 0.1) is 11.7 Å². The molecular formula is C27H37N3O6. The molecule has 196 valence electrons. The summed E-state index contributed by atoms with van der Waals surface area (Å²) in [6, 6.07) is 7.42. The van der Waals surface area contributed by atoms with E-state index in [1.54, 1.807) is 6.08 Å². The number of nitrogens with zero attached hydrogens (tertiary/aromatic N) is 2. The molecule has 9 heteroatoms. The highest BCUT2D eigenvalue weighted by atomic mass is 16.6. The van der Waals surface area contributed by atoms with Gasteiger partial charge in [0, 0.05) is 12.6 Å². The van der Waals surface area contributed by atoms with Gasteiger partial charge in [-0.3, -0.25) is 9.36 Å². The first-order chi connectivity index (χ1) is 17.2. The van der Waals surface area contributed by atoms with Gasteiger partial charge in [-0.25, -0.2) is 4.79 Å². The summed E-state index contributed by atoms with van der Waals surface area (Å²) in [6.45, 7) is 5.62. The lowest BCUT2D eigenvalue weighted by molar-refractivity contribution is -0.152. The number of aliphatic hydroxyl groups is 1. The topological polar surface area (TPSA) is 137 Å². The van der Waals surface area contributed by atoms with E-state index in [0.717, 1.165) is 12.0 Å². The molecule has 1 aliphatic heterocycles. The molecule has 0 bridgehead atoms. The molecule has 4 atom stereocenters. The van der Waals surface area contributed by atoms with Crippen molar-refractivity contribution in [3.8, 4) is 5.88 Å². The molecule has 3 rings (SSSR count). The summed E-state index contributed by atoms with van der Waals surface area (Å²) in [5, 5.41) is 20.6. The van der Waals surface area contributed by atoms with E-state index < -0.39 is 42.0 Å². The van der Waals surface area contributed by atoms with Gasteiger partial charge in [0.1, 0.15) is 25.0 Å². The van der Waals surface area contributed by atoms with E-state index in [2.05, 4.69) is 24.0 Å². The summed E-state index contributed by atoms with van der Waals surface area (Å²) in [5.41, 5.74) is 7.63. The lowest BCUT2D eigenvalue weighted by Crippen LogP contribution is -2.39. The van der Waals surface area contributed by atoms with Crippen LogP contribution in [-0.4, -0.2) is 50.6 Å². The van der Waals surface area contributed by atoms with Gasteiger partial charge in [-0.2, -0.15) is 4.98 Å². The number of aliphatic hydroxyl groups excluding tert-OH is 1. The van der Waals surface area contributed by atoms with Crippen LogP contribution in [0.25, 0.3) is 12.2 Å². The Bertz CT molecular complexity index is 1100. The normalized spacial score (nSPS) is 20.8. The van der Waals surface area contributed by atoms with Crippen LogP contribution >= 0.6 is 0 Å². The van der Waals surface area contributed by atoms with Crippen LogP contribution in [0.1, 0.15) is 69.4 Å². The van der Waals surface area contributed by atoms with Crippen LogP contribution in [0.3, 0.4) is 0 Å². The zero-order valence-corrected chi connectivity index (χ0v) is 21.2. The number of carbonyl (C=O) groups is 1. The number of benzene rings is 1. The van der Waals surface area contributed by atoms with E-state index in [4.69, 9.17) is 15.2 Å². The standard InChI is InChI=1S/C27H37N3O6/c1-4-5-6-7-18-8-10-19(11-9-18)12-13-20-15-30(27(34)29-25(20)32)23-14-21(31)22(36-23)16-35-26(33)24(28)17(2)3/h8-13,15,17,21-24,31H,4-7,14,16,28H2,1-3H3,(H,29,32,34)/b13-12+/t21?,22?,23?,24-/m0/s1. The second-order valence-electron chi connectivity index (χ2n) is 9.57. The minimum Gasteiger partial charge on any atom is -0.493 e. The number of carbonyl (C=O) groups excluding carboxylic acids is 1. The Morgan fingerprint density at radius 2 is 2.00 bits per heavy atom. The number of aromatic hydroxyl groups is 1. The van der Waals surface area contributed by atoms with Crippen LogP contribution in [0, 0.1) is 5.92 Å². The maximum atomic E-state index is 12.4. The fraction of sp³-hybridized carbons (Fsp3) is 0.519. The molecule has 1 aromatic carbocycles. The van der Waals surface area contributed by atoms with Gasteiger partial charge in [-0.15, -0.1) is 0 Å². The first-order valence-electron chi connectivity index (χ1n) is 12.5. The van der Waals surface area contributed by atoms with E-state index in [1.807, 2.05) is 32.1 Å². The smallest absolute Gasteiger partial charge is 0.353 e. The molecular weight excluding hydrogens is 462 g/mol. The largest absolute Gasteiger partial charge is 0.493 e. The van der Waals surface area contributed by atoms with Gasteiger partial charge in [-0.05, 0) is 36.0 Å². The molecule has 1 aromatic heterocycles. The van der Waals surface area contributed by atoms with E-state index in [-0.39, 0.29) is 18.9 Å². The van der Waals surface area contributed by atoms with Crippen molar-refractivity contribution in [3.05, 3.63) is 57.6 Å². The summed E-state index contributed by atoms with van der Waals surface area (Å²) < 4.78 is 12.2. The van der Waals surface area contributed by atoms with Crippen LogP contribution in [0.5, 0.6) is 5.88 Å². The lowest BCUT2D eigenvalue weighted by atomic mass is 10.0. The number of nitrogens with two attached hydrogens (primary N) is 1. The zero-order chi connectivity index (χ0) is 26.2. The Balaban J connectivity index is 1.67. The summed E-state index contributed by atoms with van der Waals surface area (Å²) in [4.78, 5) is 28.2. The third kappa shape index (κ3) is 7.25. The van der Waals surface area contributed by atoms with Gasteiger partial charge >= 0.3 is 11.7 Å². The van der Waals surface area contributed by atoms with Crippen molar-refractivity contribution in [2.24, 2.45) is 11.7 Å². The van der Waals surface area contributed by atoms with Crippen LogP contribution in [0.15, 0.2) is 35.3 Å². The fourth-order valence-electron chi connectivity index (χ4n) is 3.93. The molecule has 0 aliphatic carbocycles. The number of rotatable bonds is 11. The number of aromatic nitrogens is 2. The van der Waals surface area contributed by atoms with E-state index >= 15 is 0 Å². The highest BCUT2D eigenvalue weighted by Crippen LogP contribution is 2.29. The minimum absolute atomic E-state index is 0.0866. The highest BCUT2D eigenvalue weighted by molar-refractivity contribution is 5.75. The molecule has 0 spiro atoms. The second kappa shape index (κ2) is 12.8. The summed E-state index contributed by atoms with van der Waals surface area (Å²) in [5.74, 6) is -1.05. The molecule has 9 nitrogen and oxygen atoms in total. The zero-order valence-electron chi connectivity index (χ0n) is 21.2. The van der Waals surface area contributed by atoms with Crippen LogP contribution in [0.4, 0.5) is 0 Å². The van der Waals surface area contributed by atoms with Crippen molar-refractivity contribution >= 4 is 18.1 Å². The Morgan fingerprint density at radius 1 is 1.28 bits per heavy atom. The van der Waals surface area contributed by atoms with Crippen molar-refractivity contribution in [1.29, 1.82) is 0 Å². The predicted molar refractivity (Wildman–Crippen MR) is 137 cm³/mol. The fourth-order valence-corrected chi connectivity index (χ4v) is 3.93. The molecule has 2 heterocycles. The molecule has 0 radical (unpaired) electrons. The van der Waals surface area contributed by atoms with E-state index in [0.29, 0.717) is 5.56 Å². The average molecular weight is 500 g/mol. The number of hydrogen-bond acceptors (Lipinski definition) is 8. The Labute approximate surface area is 211 Å². The highest BCUT2D eigenvalue weighted by Gasteiger charge is 2.37. The average Bonchev–Trinajstić information content (AvgIpc) is 3.22. The quantitative estimate of drug-likeness (QED) is 0.317. The number of aryl methyl sites for hydroxylation is 1. The summed E-state index contributed by atoms with van der Waals surface area (Å²) in [6.07, 6.45) is 7.07. The molecule has 1 fully saturated rings. The van der Waals surface area contributed by atoms with Gasteiger partial charge < -0.3 is 25.4 Å². The van der Waals surface area contributed by atoms with Crippen LogP contribution in [0.2, 0.25) is 0 Å². The first-order valence-corrected chi connectivity index (χ1v) is 12.5. The Kier molecular flexibility index (Phi) is 9.81. The van der Waals surface area contributed by atoms with Gasteiger partial charge in [0.15, 0.2) is 0 Å². The molecule has 3 unspecified atom stereocenters. The van der Waals surface area contributed by atoms with Crippen molar-refractivity contribution in [1.82, 2.24) is 9.55 Å². The van der Waals surface area contributed by atoms with Crippen LogP contribution in [-0.2, 0) is 20.7 Å². The molecule has 2 aromatic rings. The van der Waals surface area contributed by atoms with Gasteiger partial charge in [-0.1, -0.05) is 64.0 Å². The van der Waals surface area contributed by atoms with E-state index in [1.165, 1.54) is 35.6 Å². The summed E-state index contributed by atoms with van der Waals surface area (Å²) >= 11 is 0. The Morgan fingerprint density at radius 3 is 2.67 bits per heavy atom. The van der Waals surface area contributed by atoms with Gasteiger partial charge in [0.25, 0.3) is 0 Å². The second-order valence-corrected chi connectivity index (χ2v) is 9.57. The van der Waals surface area contributed by atoms with Crippen molar-refractivity contribution < 1.29 is 24.5 Å². The lowest BCUT2D eigenvalue weighted by Gasteiger charge is -2.19. The third-order valence-electron chi connectivity index (χ3n) is 6.36. The third-order valence-corrected chi connectivity index (χ3v) is 6.36. The molecule has 36 heavy (non-hydrogen) atoms. The van der Waals surface area contributed by atoms with Crippen molar-refractivity contribution in [2.45, 2.75) is 77.4 Å². The van der Waals surface area contributed by atoms with E-state index in [9.17, 15) is 19.8 Å². The summed E-state index contributed by atoms with van der Waals surface area (Å²) in [7, 11) is 0. The number of unbranched alkanes of at least 4 members (excludes halogenated alkanes) is 2. The molecule has 0 amide bonds. The van der Waals surface area contributed by atoms with Gasteiger partial charge in [0.2, 0.25) is 5.88 Å². The maximum absolute atomic E-state index is 12.4. The van der Waals surface area contributed by atoms with Crippen molar-refractivity contribution in [2.75, 3.05) is 6.61 Å². The Hall–Kier alpha value is -3.01. The van der Waals surface area contributed by atoms with Crippen LogP contribution < -0.4 is 11.4 Å². The maximum Gasteiger partial charge on any atom is 0.353 e. The SMILES string of the molecule is CCCCCc1ccc(/C=C/c2cn(C3CC(O)C(COC(=O)[C@@H](N)C(C)C)O3)c(=O)nc2O)cc1. The van der Waals surface area contributed by atoms with Crippen molar-refractivity contribution in [3.63, 3.8) is 0 Å². The molecule has 0 saturated carbocycles. The molecule has 4 N–H and O–H groups in total.